The molecular weight excluding hydrogens is 346 g/mol. The predicted octanol–water partition coefficient (Wildman–Crippen LogP) is 5.57. The molecule has 28 heavy (non-hydrogen) atoms. The Labute approximate surface area is 174 Å². The van der Waals surface area contributed by atoms with Crippen molar-refractivity contribution in [2.24, 2.45) is 34.5 Å². The largest absolute Gasteiger partial charge is 0.378 e. The molecule has 0 bridgehead atoms. The molecule has 4 saturated carbocycles. The summed E-state index contributed by atoms with van der Waals surface area (Å²) in [5, 5.41) is 0. The van der Waals surface area contributed by atoms with E-state index in [0.29, 0.717) is 23.2 Å². The van der Waals surface area contributed by atoms with Crippen LogP contribution in [0, 0.1) is 34.5 Å². The summed E-state index contributed by atoms with van der Waals surface area (Å²) in [6, 6.07) is 0. The number of ketones is 1. The highest BCUT2D eigenvalue weighted by atomic mass is 16.5. The number of rotatable bonds is 5. The monoisotopic (exact) mass is 391 g/mol. The second-order valence-electron chi connectivity index (χ2n) is 11.0. The van der Waals surface area contributed by atoms with Crippen LogP contribution in [0.25, 0.3) is 0 Å². The molecule has 0 radical (unpaired) electrons. The van der Waals surface area contributed by atoms with E-state index in [0.717, 1.165) is 50.2 Å². The number of ether oxygens (including phenoxy) is 1. The molecular formula is C25H45NO2. The van der Waals surface area contributed by atoms with E-state index in [1.165, 1.54) is 44.9 Å². The number of fused-ring (bicyclic) bond motifs is 5. The van der Waals surface area contributed by atoms with Gasteiger partial charge >= 0.3 is 0 Å². The number of nitrogens with zero attached hydrogens (tertiary/aromatic N) is 1. The quantitative estimate of drug-likeness (QED) is 0.574. The van der Waals surface area contributed by atoms with Crippen LogP contribution in [0.4, 0.5) is 0 Å². The third-order valence-electron chi connectivity index (χ3n) is 9.43. The van der Waals surface area contributed by atoms with Crippen molar-refractivity contribution in [2.45, 2.75) is 91.6 Å². The van der Waals surface area contributed by atoms with Gasteiger partial charge in [-0.25, -0.2) is 0 Å². The molecule has 4 aliphatic rings. The predicted molar refractivity (Wildman–Crippen MR) is 116 cm³/mol. The van der Waals surface area contributed by atoms with Crippen molar-refractivity contribution in [2.75, 3.05) is 27.2 Å². The van der Waals surface area contributed by atoms with Crippen molar-refractivity contribution in [3.63, 3.8) is 0 Å². The molecule has 162 valence electrons. The van der Waals surface area contributed by atoms with Gasteiger partial charge in [-0.05, 0) is 108 Å². The normalized spacial score (nSPS) is 45.2. The number of carbonyl (C=O) groups is 1. The molecule has 0 spiro atoms. The van der Waals surface area contributed by atoms with Gasteiger partial charge in [-0.15, -0.1) is 0 Å². The first kappa shape index (κ1) is 22.3. The van der Waals surface area contributed by atoms with Crippen molar-refractivity contribution in [1.82, 2.24) is 4.90 Å². The Balaban J connectivity index is 0.00000225. The lowest BCUT2D eigenvalue weighted by Crippen LogP contribution is -2.54. The van der Waals surface area contributed by atoms with Gasteiger partial charge in [0.1, 0.15) is 5.78 Å². The van der Waals surface area contributed by atoms with Gasteiger partial charge in [0.25, 0.3) is 0 Å². The molecule has 0 N–H and O–H groups in total. The number of hydrogen-bond donors (Lipinski definition) is 0. The zero-order chi connectivity index (χ0) is 19.2. The third kappa shape index (κ3) is 3.71. The highest BCUT2D eigenvalue weighted by Crippen LogP contribution is 2.65. The first-order valence-corrected chi connectivity index (χ1v) is 11.6. The molecule has 4 fully saturated rings. The van der Waals surface area contributed by atoms with Crippen LogP contribution < -0.4 is 0 Å². The second kappa shape index (κ2) is 8.38. The van der Waals surface area contributed by atoms with Crippen molar-refractivity contribution in [1.29, 1.82) is 0 Å². The molecule has 0 aromatic heterocycles. The van der Waals surface area contributed by atoms with Crippen LogP contribution in [0.1, 0.15) is 85.5 Å². The second-order valence-corrected chi connectivity index (χ2v) is 11.0. The molecule has 4 unspecified atom stereocenters. The van der Waals surface area contributed by atoms with Gasteiger partial charge in [0.05, 0.1) is 6.10 Å². The average Bonchev–Trinajstić information content (AvgIpc) is 2.94. The summed E-state index contributed by atoms with van der Waals surface area (Å²) in [7, 11) is 4.27. The van der Waals surface area contributed by atoms with Crippen LogP contribution in [-0.2, 0) is 9.53 Å². The van der Waals surface area contributed by atoms with Crippen LogP contribution in [0.5, 0.6) is 0 Å². The minimum absolute atomic E-state index is 0. The molecule has 0 saturated heterocycles. The third-order valence-corrected chi connectivity index (χ3v) is 9.43. The van der Waals surface area contributed by atoms with E-state index in [4.69, 9.17) is 4.74 Å². The summed E-state index contributed by atoms with van der Waals surface area (Å²) < 4.78 is 6.29. The van der Waals surface area contributed by atoms with E-state index >= 15 is 0 Å². The maximum atomic E-state index is 12.6. The lowest BCUT2D eigenvalue weighted by atomic mass is 9.45. The standard InChI is InChI=1S/C24H41NO2.CH4/c1-23-12-10-18(27-15-5-14-25(3)4)16-17(23)6-7-19-20-8-9-22(26)24(20,2)13-11-21(19)23;/h17-21H,5-16H2,1-4H3;1H4/t17?,18-,19?,20?,21?,23-,24-;/m0./s1. The SMILES string of the molecule is C.CN(C)CCCO[C@H]1CC[C@@]2(C)C(CCC3C2CC[C@]2(C)C(=O)CCC32)C1. The number of Topliss-reactive ketones (excluding diaryl/α,β-unsaturated/α-hetero) is 1. The molecule has 0 heterocycles. The van der Waals surface area contributed by atoms with Gasteiger partial charge in [0.15, 0.2) is 0 Å². The Morgan fingerprint density at radius 2 is 1.82 bits per heavy atom. The molecule has 4 rings (SSSR count). The van der Waals surface area contributed by atoms with Gasteiger partial charge in [-0.3, -0.25) is 4.79 Å². The van der Waals surface area contributed by atoms with E-state index in [1.807, 2.05) is 0 Å². The summed E-state index contributed by atoms with van der Waals surface area (Å²) >= 11 is 0. The molecule has 4 aliphatic carbocycles. The summed E-state index contributed by atoms with van der Waals surface area (Å²) in [5.74, 6) is 3.77. The Bertz CT molecular complexity index is 561. The van der Waals surface area contributed by atoms with Gasteiger partial charge in [0.2, 0.25) is 0 Å². The van der Waals surface area contributed by atoms with Crippen molar-refractivity contribution in [3.8, 4) is 0 Å². The van der Waals surface area contributed by atoms with Crippen LogP contribution in [0.15, 0.2) is 0 Å². The molecule has 7 atom stereocenters. The van der Waals surface area contributed by atoms with E-state index in [9.17, 15) is 4.79 Å². The van der Waals surface area contributed by atoms with Crippen LogP contribution in [0.3, 0.4) is 0 Å². The van der Waals surface area contributed by atoms with Gasteiger partial charge in [0, 0.05) is 18.4 Å². The molecule has 3 nitrogen and oxygen atoms in total. The lowest BCUT2D eigenvalue weighted by Gasteiger charge is -2.60. The number of hydrogen-bond acceptors (Lipinski definition) is 3. The van der Waals surface area contributed by atoms with Crippen molar-refractivity contribution in [3.05, 3.63) is 0 Å². The molecule has 0 aromatic rings. The minimum Gasteiger partial charge on any atom is -0.378 e. The van der Waals surface area contributed by atoms with Gasteiger partial charge < -0.3 is 9.64 Å². The number of carbonyl (C=O) groups excluding carboxylic acids is 1. The topological polar surface area (TPSA) is 29.5 Å². The molecule has 0 amide bonds. The fraction of sp³-hybridized carbons (Fsp3) is 0.960. The molecule has 0 aliphatic heterocycles. The summed E-state index contributed by atoms with van der Waals surface area (Å²) in [4.78, 5) is 14.8. The smallest absolute Gasteiger partial charge is 0.139 e. The van der Waals surface area contributed by atoms with Gasteiger partial charge in [-0.1, -0.05) is 21.3 Å². The zero-order valence-corrected chi connectivity index (χ0v) is 18.1. The average molecular weight is 392 g/mol. The van der Waals surface area contributed by atoms with Crippen LogP contribution >= 0.6 is 0 Å². The van der Waals surface area contributed by atoms with E-state index in [1.54, 1.807) is 0 Å². The molecule has 3 heteroatoms. The van der Waals surface area contributed by atoms with E-state index < -0.39 is 0 Å². The lowest BCUT2D eigenvalue weighted by molar-refractivity contribution is -0.145. The summed E-state index contributed by atoms with van der Waals surface area (Å²) in [5.41, 5.74) is 0.524. The molecule has 0 aromatic carbocycles. The summed E-state index contributed by atoms with van der Waals surface area (Å²) in [6.07, 6.45) is 12.7. The Kier molecular flexibility index (Phi) is 6.67. The maximum absolute atomic E-state index is 12.6. The van der Waals surface area contributed by atoms with Crippen LogP contribution in [-0.4, -0.2) is 44.0 Å². The Hall–Kier alpha value is -0.410. The van der Waals surface area contributed by atoms with Gasteiger partial charge in [-0.2, -0.15) is 0 Å². The fourth-order valence-corrected chi connectivity index (χ4v) is 7.77. The first-order chi connectivity index (χ1) is 12.8. The maximum Gasteiger partial charge on any atom is 0.139 e. The van der Waals surface area contributed by atoms with Crippen molar-refractivity contribution < 1.29 is 9.53 Å². The fourth-order valence-electron chi connectivity index (χ4n) is 7.77. The van der Waals surface area contributed by atoms with Crippen LogP contribution in [0.2, 0.25) is 0 Å². The van der Waals surface area contributed by atoms with E-state index in [-0.39, 0.29) is 12.8 Å². The highest BCUT2D eigenvalue weighted by molar-refractivity contribution is 5.87. The zero-order valence-electron chi connectivity index (χ0n) is 18.1. The Morgan fingerprint density at radius 3 is 2.57 bits per heavy atom. The minimum atomic E-state index is 0. The summed E-state index contributed by atoms with van der Waals surface area (Å²) in [6.45, 7) is 6.95. The van der Waals surface area contributed by atoms with E-state index in [2.05, 4.69) is 32.8 Å². The van der Waals surface area contributed by atoms with Crippen molar-refractivity contribution >= 4 is 5.78 Å². The first-order valence-electron chi connectivity index (χ1n) is 11.6. The highest BCUT2D eigenvalue weighted by Gasteiger charge is 2.60. The Morgan fingerprint density at radius 1 is 1.04 bits per heavy atom.